The van der Waals surface area contributed by atoms with Crippen molar-refractivity contribution >= 4 is 23.9 Å². The molecule has 266 valence electrons. The fourth-order valence-corrected chi connectivity index (χ4v) is 5.47. The average Bonchev–Trinajstić information content (AvgIpc) is 2.97. The molecule has 0 aromatic heterocycles. The Labute approximate surface area is 288 Å². The van der Waals surface area contributed by atoms with E-state index in [2.05, 4.69) is 17.6 Å². The lowest BCUT2D eigenvalue weighted by atomic mass is 9.95. The van der Waals surface area contributed by atoms with Gasteiger partial charge in [0.1, 0.15) is 29.3 Å². The summed E-state index contributed by atoms with van der Waals surface area (Å²) in [6.45, 7) is 18.5. The second kappa shape index (κ2) is 18.6. The van der Waals surface area contributed by atoms with Crippen LogP contribution in [0.3, 0.4) is 0 Å². The molecule has 0 radical (unpaired) electrons. The third-order valence-corrected chi connectivity index (χ3v) is 7.71. The standard InChI is InChI=1S/C39H59N3O6/c1-11-12-13-14-15-19-24-42(35(44)29(4)40-37(46)48-39(8,9)10)33(31-23-22-27(2)25-28(31)3)34(43)41-32(36(45)47-38(5,6)7)26-30-20-17-16-18-21-30/h16-18,20-23,25,29,32-33H,11-15,19,24,26H2,1-10H3,(H,40,46)(H,41,43). The summed E-state index contributed by atoms with van der Waals surface area (Å²) in [5.41, 5.74) is 1.82. The fraction of sp³-hybridized carbons (Fsp3) is 0.590. The molecule has 2 aromatic rings. The summed E-state index contributed by atoms with van der Waals surface area (Å²) in [7, 11) is 0. The third kappa shape index (κ3) is 14.1. The predicted molar refractivity (Wildman–Crippen MR) is 190 cm³/mol. The lowest BCUT2D eigenvalue weighted by molar-refractivity contribution is -0.159. The summed E-state index contributed by atoms with van der Waals surface area (Å²) in [5, 5.41) is 5.64. The van der Waals surface area contributed by atoms with Crippen LogP contribution in [0.2, 0.25) is 0 Å². The predicted octanol–water partition coefficient (Wildman–Crippen LogP) is 7.52. The van der Waals surface area contributed by atoms with Gasteiger partial charge >= 0.3 is 12.1 Å². The van der Waals surface area contributed by atoms with E-state index in [1.807, 2.05) is 62.4 Å². The summed E-state index contributed by atoms with van der Waals surface area (Å²) in [6.07, 6.45) is 5.41. The minimum atomic E-state index is -1.07. The van der Waals surface area contributed by atoms with Crippen LogP contribution in [0.15, 0.2) is 48.5 Å². The van der Waals surface area contributed by atoms with E-state index in [9.17, 15) is 19.2 Å². The SMILES string of the molecule is CCCCCCCCN(C(=O)C(C)NC(=O)OC(C)(C)C)C(C(=O)NC(Cc1ccccc1)C(=O)OC(C)(C)C)c1ccc(C)cc1C. The molecule has 0 heterocycles. The zero-order chi connectivity index (χ0) is 36.1. The van der Waals surface area contributed by atoms with Gasteiger partial charge in [0, 0.05) is 13.0 Å². The molecule has 0 saturated carbocycles. The van der Waals surface area contributed by atoms with Gasteiger partial charge in [0.25, 0.3) is 0 Å². The summed E-state index contributed by atoms with van der Waals surface area (Å²) in [5.74, 6) is -1.49. The number of unbranched alkanes of at least 4 members (excludes halogenated alkanes) is 5. The number of nitrogens with zero attached hydrogens (tertiary/aromatic N) is 1. The first-order valence-corrected chi connectivity index (χ1v) is 17.4. The largest absolute Gasteiger partial charge is 0.458 e. The average molecular weight is 666 g/mol. The van der Waals surface area contributed by atoms with Crippen LogP contribution in [0.5, 0.6) is 0 Å². The molecule has 9 heteroatoms. The second-order valence-electron chi connectivity index (χ2n) is 14.7. The molecule has 2 N–H and O–H groups in total. The zero-order valence-electron chi connectivity index (χ0n) is 30.9. The van der Waals surface area contributed by atoms with Crippen molar-refractivity contribution in [1.29, 1.82) is 0 Å². The van der Waals surface area contributed by atoms with Gasteiger partial charge in [-0.15, -0.1) is 0 Å². The van der Waals surface area contributed by atoms with Crippen molar-refractivity contribution in [3.8, 4) is 0 Å². The Morgan fingerprint density at radius 3 is 1.98 bits per heavy atom. The fourth-order valence-electron chi connectivity index (χ4n) is 5.47. The summed E-state index contributed by atoms with van der Waals surface area (Å²) < 4.78 is 11.2. The molecular formula is C39H59N3O6. The molecule has 2 rings (SSSR count). The normalized spacial score (nSPS) is 13.5. The highest BCUT2D eigenvalue weighted by Crippen LogP contribution is 2.28. The number of nitrogens with one attached hydrogen (secondary N) is 2. The molecule has 2 aromatic carbocycles. The van der Waals surface area contributed by atoms with Gasteiger partial charge in [-0.25, -0.2) is 9.59 Å². The second-order valence-corrected chi connectivity index (χ2v) is 14.7. The maximum Gasteiger partial charge on any atom is 0.408 e. The van der Waals surface area contributed by atoms with E-state index in [1.54, 1.807) is 53.4 Å². The van der Waals surface area contributed by atoms with E-state index in [0.717, 1.165) is 48.8 Å². The quantitative estimate of drug-likeness (QED) is 0.142. The molecule has 0 bridgehead atoms. The number of hydrogen-bond acceptors (Lipinski definition) is 6. The van der Waals surface area contributed by atoms with Crippen molar-refractivity contribution in [2.45, 2.75) is 144 Å². The minimum absolute atomic E-state index is 0.211. The number of carbonyl (C=O) groups is 4. The molecule has 0 aliphatic heterocycles. The third-order valence-electron chi connectivity index (χ3n) is 7.71. The van der Waals surface area contributed by atoms with E-state index in [1.165, 1.54) is 0 Å². The Morgan fingerprint density at radius 1 is 0.792 bits per heavy atom. The zero-order valence-corrected chi connectivity index (χ0v) is 30.9. The van der Waals surface area contributed by atoms with Crippen LogP contribution in [0.1, 0.15) is 122 Å². The van der Waals surface area contributed by atoms with Gasteiger partial charge in [-0.2, -0.15) is 0 Å². The lowest BCUT2D eigenvalue weighted by Gasteiger charge is -2.35. The Bertz CT molecular complexity index is 1350. The molecule has 0 aliphatic rings. The Kier molecular flexibility index (Phi) is 15.6. The van der Waals surface area contributed by atoms with Crippen LogP contribution in [0.25, 0.3) is 0 Å². The van der Waals surface area contributed by atoms with Crippen molar-refractivity contribution in [2.24, 2.45) is 0 Å². The Morgan fingerprint density at radius 2 is 1.40 bits per heavy atom. The number of amides is 3. The van der Waals surface area contributed by atoms with Gasteiger partial charge in [0.2, 0.25) is 11.8 Å². The number of hydrogen-bond donors (Lipinski definition) is 2. The summed E-state index contributed by atoms with van der Waals surface area (Å²) in [4.78, 5) is 56.6. The van der Waals surface area contributed by atoms with Crippen LogP contribution < -0.4 is 10.6 Å². The number of esters is 1. The lowest BCUT2D eigenvalue weighted by Crippen LogP contribution is -2.54. The first-order valence-electron chi connectivity index (χ1n) is 17.4. The Balaban J connectivity index is 2.57. The monoisotopic (exact) mass is 665 g/mol. The smallest absolute Gasteiger partial charge is 0.408 e. The highest BCUT2D eigenvalue weighted by atomic mass is 16.6. The molecular weight excluding hydrogens is 606 g/mol. The molecule has 3 atom stereocenters. The van der Waals surface area contributed by atoms with Crippen molar-refractivity contribution in [3.05, 3.63) is 70.8 Å². The van der Waals surface area contributed by atoms with Crippen molar-refractivity contribution < 1.29 is 28.7 Å². The number of alkyl carbamates (subject to hydrolysis) is 1. The summed E-state index contributed by atoms with van der Waals surface area (Å²) in [6, 6.07) is 12.1. The molecule has 3 unspecified atom stereocenters. The Hall–Kier alpha value is -3.88. The van der Waals surface area contributed by atoms with Gasteiger partial charge in [-0.3, -0.25) is 9.59 Å². The van der Waals surface area contributed by atoms with Crippen LogP contribution in [-0.4, -0.2) is 58.6 Å². The molecule has 0 aliphatic carbocycles. The van der Waals surface area contributed by atoms with Crippen molar-refractivity contribution in [1.82, 2.24) is 15.5 Å². The van der Waals surface area contributed by atoms with E-state index < -0.39 is 53.2 Å². The highest BCUT2D eigenvalue weighted by Gasteiger charge is 2.37. The van der Waals surface area contributed by atoms with Crippen LogP contribution in [-0.2, 0) is 30.3 Å². The molecule has 9 nitrogen and oxygen atoms in total. The van der Waals surface area contributed by atoms with Gasteiger partial charge in [0.15, 0.2) is 0 Å². The number of benzene rings is 2. The van der Waals surface area contributed by atoms with Gasteiger partial charge < -0.3 is 25.0 Å². The minimum Gasteiger partial charge on any atom is -0.458 e. The number of rotatable bonds is 16. The van der Waals surface area contributed by atoms with E-state index in [0.29, 0.717) is 12.0 Å². The number of ether oxygens (including phenoxy) is 2. The molecule has 48 heavy (non-hydrogen) atoms. The highest BCUT2D eigenvalue weighted by molar-refractivity contribution is 5.94. The first-order chi connectivity index (χ1) is 22.4. The van der Waals surface area contributed by atoms with Crippen LogP contribution in [0, 0.1) is 13.8 Å². The molecule has 0 spiro atoms. The van der Waals surface area contributed by atoms with Gasteiger partial charge in [-0.05, 0) is 85.4 Å². The van der Waals surface area contributed by atoms with E-state index >= 15 is 0 Å². The molecule has 3 amide bonds. The topological polar surface area (TPSA) is 114 Å². The van der Waals surface area contributed by atoms with E-state index in [4.69, 9.17) is 9.47 Å². The summed E-state index contributed by atoms with van der Waals surface area (Å²) >= 11 is 0. The number of aryl methyl sites for hydroxylation is 2. The van der Waals surface area contributed by atoms with Crippen molar-refractivity contribution in [3.63, 3.8) is 0 Å². The maximum absolute atomic E-state index is 14.6. The molecule has 0 fully saturated rings. The van der Waals surface area contributed by atoms with Gasteiger partial charge in [0.05, 0.1) is 0 Å². The van der Waals surface area contributed by atoms with Crippen molar-refractivity contribution in [2.75, 3.05) is 6.54 Å². The molecule has 0 saturated heterocycles. The number of carbonyl (C=O) groups excluding carboxylic acids is 4. The van der Waals surface area contributed by atoms with Crippen LogP contribution >= 0.6 is 0 Å². The van der Waals surface area contributed by atoms with Crippen LogP contribution in [0.4, 0.5) is 4.79 Å². The van der Waals surface area contributed by atoms with Gasteiger partial charge in [-0.1, -0.05) is 93.1 Å². The first kappa shape index (κ1) is 40.3. The maximum atomic E-state index is 14.6. The van der Waals surface area contributed by atoms with E-state index in [-0.39, 0.29) is 13.0 Å².